The van der Waals surface area contributed by atoms with Crippen molar-refractivity contribution in [2.24, 2.45) is 5.73 Å². The quantitative estimate of drug-likeness (QED) is 0.581. The molecule has 0 heterocycles. The van der Waals surface area contributed by atoms with E-state index in [0.29, 0.717) is 5.69 Å². The second kappa shape index (κ2) is 7.47. The van der Waals surface area contributed by atoms with Gasteiger partial charge < -0.3 is 11.1 Å². The van der Waals surface area contributed by atoms with E-state index in [1.54, 1.807) is 0 Å². The topological polar surface area (TPSA) is 38.0 Å². The lowest BCUT2D eigenvalue weighted by Gasteiger charge is -2.14. The Morgan fingerprint density at radius 2 is 1.95 bits per heavy atom. The normalized spacial score (nSPS) is 11.4. The standard InChI is InChI=1S/C14H19F3N2S/c1-2-3-4-5-8-19-10-6-7-12(14(15,16)17)11(9-10)13(18)20/h6-7,9,19H,2-5,8H2,1H3,(H2,18,20). The highest BCUT2D eigenvalue weighted by molar-refractivity contribution is 7.80. The number of nitrogens with one attached hydrogen (secondary N) is 1. The molecule has 0 unspecified atom stereocenters. The van der Waals surface area contributed by atoms with Crippen LogP contribution in [0.15, 0.2) is 18.2 Å². The largest absolute Gasteiger partial charge is 0.417 e. The van der Waals surface area contributed by atoms with E-state index >= 15 is 0 Å². The van der Waals surface area contributed by atoms with Gasteiger partial charge in [-0.25, -0.2) is 0 Å². The zero-order chi connectivity index (χ0) is 15.2. The monoisotopic (exact) mass is 304 g/mol. The third-order valence-electron chi connectivity index (χ3n) is 2.95. The molecule has 0 fully saturated rings. The van der Waals surface area contributed by atoms with Gasteiger partial charge in [-0.2, -0.15) is 13.2 Å². The maximum Gasteiger partial charge on any atom is 0.417 e. The Morgan fingerprint density at radius 3 is 2.50 bits per heavy atom. The number of unbranched alkanes of at least 4 members (excludes halogenated alkanes) is 3. The van der Waals surface area contributed by atoms with Crippen LogP contribution in [-0.4, -0.2) is 11.5 Å². The summed E-state index contributed by atoms with van der Waals surface area (Å²) >= 11 is 4.70. The average Bonchev–Trinajstić information content (AvgIpc) is 2.37. The summed E-state index contributed by atoms with van der Waals surface area (Å²) in [5, 5.41) is 3.09. The number of hydrogen-bond acceptors (Lipinski definition) is 2. The first-order valence-electron chi connectivity index (χ1n) is 6.61. The van der Waals surface area contributed by atoms with Crippen molar-refractivity contribution < 1.29 is 13.2 Å². The zero-order valence-electron chi connectivity index (χ0n) is 11.4. The minimum Gasteiger partial charge on any atom is -0.389 e. The highest BCUT2D eigenvalue weighted by Crippen LogP contribution is 2.33. The molecule has 2 nitrogen and oxygen atoms in total. The number of nitrogens with two attached hydrogens (primary N) is 1. The third kappa shape index (κ3) is 5.00. The molecule has 112 valence electrons. The van der Waals surface area contributed by atoms with Crippen molar-refractivity contribution in [2.75, 3.05) is 11.9 Å². The highest BCUT2D eigenvalue weighted by atomic mass is 32.1. The van der Waals surface area contributed by atoms with Crippen LogP contribution < -0.4 is 11.1 Å². The maximum atomic E-state index is 12.8. The van der Waals surface area contributed by atoms with E-state index in [1.807, 2.05) is 0 Å². The van der Waals surface area contributed by atoms with Gasteiger partial charge in [0.2, 0.25) is 0 Å². The molecule has 20 heavy (non-hydrogen) atoms. The summed E-state index contributed by atoms with van der Waals surface area (Å²) < 4.78 is 38.4. The summed E-state index contributed by atoms with van der Waals surface area (Å²) in [4.78, 5) is -0.244. The molecule has 0 saturated carbocycles. The van der Waals surface area contributed by atoms with Gasteiger partial charge in [-0.1, -0.05) is 38.4 Å². The van der Waals surface area contributed by atoms with E-state index in [9.17, 15) is 13.2 Å². The van der Waals surface area contributed by atoms with Crippen LogP contribution in [0.1, 0.15) is 43.7 Å². The first kappa shape index (κ1) is 16.8. The van der Waals surface area contributed by atoms with Crippen LogP contribution in [0.4, 0.5) is 18.9 Å². The number of halogens is 3. The summed E-state index contributed by atoms with van der Waals surface area (Å²) in [5.41, 5.74) is 5.06. The molecule has 0 radical (unpaired) electrons. The lowest BCUT2D eigenvalue weighted by atomic mass is 10.1. The molecule has 3 N–H and O–H groups in total. The Hall–Kier alpha value is -1.30. The minimum atomic E-state index is -4.45. The van der Waals surface area contributed by atoms with Crippen molar-refractivity contribution >= 4 is 22.9 Å². The van der Waals surface area contributed by atoms with Crippen molar-refractivity contribution in [2.45, 2.75) is 38.8 Å². The third-order valence-corrected chi connectivity index (χ3v) is 3.17. The molecule has 0 amide bonds. The van der Waals surface area contributed by atoms with E-state index in [4.69, 9.17) is 18.0 Å². The Morgan fingerprint density at radius 1 is 1.25 bits per heavy atom. The number of alkyl halides is 3. The highest BCUT2D eigenvalue weighted by Gasteiger charge is 2.33. The molecule has 0 bridgehead atoms. The molecular formula is C14H19F3N2S. The van der Waals surface area contributed by atoms with Gasteiger partial charge in [0.25, 0.3) is 0 Å². The fraction of sp³-hybridized carbons (Fsp3) is 0.500. The van der Waals surface area contributed by atoms with Gasteiger partial charge in [-0.15, -0.1) is 0 Å². The first-order chi connectivity index (χ1) is 9.36. The van der Waals surface area contributed by atoms with Gasteiger partial charge in [-0.3, -0.25) is 0 Å². The lowest BCUT2D eigenvalue weighted by molar-refractivity contribution is -0.137. The lowest BCUT2D eigenvalue weighted by Crippen LogP contribution is -2.18. The molecule has 6 heteroatoms. The van der Waals surface area contributed by atoms with Crippen molar-refractivity contribution in [1.29, 1.82) is 0 Å². The van der Waals surface area contributed by atoms with Crippen LogP contribution in [0.3, 0.4) is 0 Å². The van der Waals surface area contributed by atoms with Gasteiger partial charge in [0, 0.05) is 17.8 Å². The van der Waals surface area contributed by atoms with Crippen LogP contribution in [0.2, 0.25) is 0 Å². The second-order valence-corrected chi connectivity index (χ2v) is 5.05. The van der Waals surface area contributed by atoms with Crippen LogP contribution in [0, 0.1) is 0 Å². The summed E-state index contributed by atoms with van der Waals surface area (Å²) in [7, 11) is 0. The maximum absolute atomic E-state index is 12.8. The van der Waals surface area contributed by atoms with Crippen molar-refractivity contribution in [3.05, 3.63) is 29.3 Å². The first-order valence-corrected chi connectivity index (χ1v) is 7.02. The van der Waals surface area contributed by atoms with Crippen LogP contribution >= 0.6 is 12.2 Å². The predicted octanol–water partition coefficient (Wildman–Crippen LogP) is 4.33. The average molecular weight is 304 g/mol. The van der Waals surface area contributed by atoms with E-state index in [1.165, 1.54) is 12.1 Å². The predicted molar refractivity (Wildman–Crippen MR) is 80.0 cm³/mol. The molecule has 1 aromatic rings. The van der Waals surface area contributed by atoms with Crippen molar-refractivity contribution in [1.82, 2.24) is 0 Å². The summed E-state index contributed by atoms with van der Waals surface area (Å²) in [6.07, 6.45) is -0.0549. The van der Waals surface area contributed by atoms with E-state index < -0.39 is 11.7 Å². The number of hydrogen-bond donors (Lipinski definition) is 2. The summed E-state index contributed by atoms with van der Waals surface area (Å²) in [6.45, 7) is 2.85. The van der Waals surface area contributed by atoms with Crippen molar-refractivity contribution in [3.8, 4) is 0 Å². The van der Waals surface area contributed by atoms with Gasteiger partial charge in [-0.05, 0) is 24.6 Å². The van der Waals surface area contributed by atoms with Crippen molar-refractivity contribution in [3.63, 3.8) is 0 Å². The fourth-order valence-corrected chi connectivity index (χ4v) is 2.06. The summed E-state index contributed by atoms with van der Waals surface area (Å²) in [5.74, 6) is 0. The molecule has 0 aromatic heterocycles. The Kier molecular flexibility index (Phi) is 6.26. The molecule has 1 rings (SSSR count). The van der Waals surface area contributed by atoms with E-state index in [2.05, 4.69) is 12.2 Å². The molecule has 0 saturated heterocycles. The Balaban J connectivity index is 2.76. The minimum absolute atomic E-state index is 0.133. The van der Waals surface area contributed by atoms with Gasteiger partial charge in [0.05, 0.1) is 5.56 Å². The van der Waals surface area contributed by atoms with Crippen LogP contribution in [0.5, 0.6) is 0 Å². The van der Waals surface area contributed by atoms with Crippen LogP contribution in [0.25, 0.3) is 0 Å². The molecule has 1 aromatic carbocycles. The van der Waals surface area contributed by atoms with E-state index in [0.717, 1.165) is 38.3 Å². The van der Waals surface area contributed by atoms with Gasteiger partial charge >= 0.3 is 6.18 Å². The molecular weight excluding hydrogens is 285 g/mol. The fourth-order valence-electron chi connectivity index (χ4n) is 1.89. The number of anilines is 1. The Labute approximate surface area is 122 Å². The number of thiocarbonyl (C=S) groups is 1. The smallest absolute Gasteiger partial charge is 0.389 e. The number of benzene rings is 1. The molecule has 0 aliphatic carbocycles. The second-order valence-electron chi connectivity index (χ2n) is 4.61. The van der Waals surface area contributed by atoms with Crippen LogP contribution in [-0.2, 0) is 6.18 Å². The molecule has 0 atom stereocenters. The molecule has 0 spiro atoms. The van der Waals surface area contributed by atoms with Gasteiger partial charge in [0.15, 0.2) is 0 Å². The number of rotatable bonds is 7. The molecule has 0 aliphatic heterocycles. The molecule has 0 aliphatic rings. The van der Waals surface area contributed by atoms with E-state index in [-0.39, 0.29) is 10.6 Å². The Bertz CT molecular complexity index is 458. The SMILES string of the molecule is CCCCCCNc1ccc(C(F)(F)F)c(C(N)=S)c1. The summed E-state index contributed by atoms with van der Waals surface area (Å²) in [6, 6.07) is 3.79. The zero-order valence-corrected chi connectivity index (χ0v) is 12.2. The van der Waals surface area contributed by atoms with Gasteiger partial charge in [0.1, 0.15) is 4.99 Å².